The van der Waals surface area contributed by atoms with Crippen LogP contribution >= 0.6 is 11.8 Å². The highest BCUT2D eigenvalue weighted by atomic mass is 32.2. The summed E-state index contributed by atoms with van der Waals surface area (Å²) >= 11 is 1.39. The average Bonchev–Trinajstić information content (AvgIpc) is 2.26. The Hall–Kier alpha value is -1.03. The van der Waals surface area contributed by atoms with E-state index in [9.17, 15) is 9.18 Å². The number of carboxylic acids is 1. The van der Waals surface area contributed by atoms with Crippen LogP contribution in [0.2, 0.25) is 0 Å². The van der Waals surface area contributed by atoms with E-state index in [4.69, 9.17) is 5.11 Å². The number of aryl methyl sites for hydroxylation is 1. The summed E-state index contributed by atoms with van der Waals surface area (Å²) in [5, 5.41) is 8.79. The van der Waals surface area contributed by atoms with Crippen LogP contribution in [0, 0.1) is 5.82 Å². The van der Waals surface area contributed by atoms with E-state index in [0.717, 1.165) is 30.4 Å². The molecule has 1 N–H and O–H groups in total. The molecule has 1 atom stereocenters. The van der Waals surface area contributed by atoms with E-state index in [1.54, 1.807) is 6.07 Å². The minimum Gasteiger partial charge on any atom is -0.481 e. The molecular weight excluding hydrogens is 227 g/mol. The predicted octanol–water partition coefficient (Wildman–Crippen LogP) is 3.02. The van der Waals surface area contributed by atoms with E-state index in [2.05, 4.69) is 0 Å². The van der Waals surface area contributed by atoms with E-state index < -0.39 is 5.97 Å². The normalized spacial score (nSPS) is 19.2. The van der Waals surface area contributed by atoms with Gasteiger partial charge in [-0.2, -0.15) is 0 Å². The van der Waals surface area contributed by atoms with Gasteiger partial charge in [-0.3, -0.25) is 4.79 Å². The van der Waals surface area contributed by atoms with Crippen LogP contribution in [-0.2, 0) is 11.2 Å². The Kier molecular flexibility index (Phi) is 3.49. The second kappa shape index (κ2) is 4.87. The molecule has 1 aliphatic carbocycles. The van der Waals surface area contributed by atoms with E-state index in [0.29, 0.717) is 0 Å². The molecule has 0 aliphatic heterocycles. The highest BCUT2D eigenvalue weighted by molar-refractivity contribution is 8.00. The Morgan fingerprint density at radius 2 is 2.38 bits per heavy atom. The van der Waals surface area contributed by atoms with Crippen molar-refractivity contribution in [1.82, 2.24) is 0 Å². The highest BCUT2D eigenvalue weighted by Gasteiger charge is 2.21. The van der Waals surface area contributed by atoms with E-state index in [-0.39, 0.29) is 16.8 Å². The lowest BCUT2D eigenvalue weighted by Crippen LogP contribution is -2.10. The molecule has 0 heterocycles. The third kappa shape index (κ3) is 2.55. The van der Waals surface area contributed by atoms with Crippen molar-refractivity contribution in [2.75, 3.05) is 5.75 Å². The molecule has 4 heteroatoms. The fourth-order valence-electron chi connectivity index (χ4n) is 2.07. The van der Waals surface area contributed by atoms with Crippen molar-refractivity contribution >= 4 is 17.7 Å². The molecule has 1 aliphatic rings. The minimum absolute atomic E-state index is 0.0839. The van der Waals surface area contributed by atoms with Crippen LogP contribution in [-0.4, -0.2) is 16.8 Å². The molecule has 2 rings (SSSR count). The molecule has 0 bridgehead atoms. The quantitative estimate of drug-likeness (QED) is 0.882. The first kappa shape index (κ1) is 11.5. The second-order valence-electron chi connectivity index (χ2n) is 3.93. The summed E-state index contributed by atoms with van der Waals surface area (Å²) < 4.78 is 13.1. The van der Waals surface area contributed by atoms with Gasteiger partial charge in [-0.05, 0) is 42.5 Å². The number of thioether (sulfide) groups is 1. The molecule has 0 fully saturated rings. The molecule has 1 unspecified atom stereocenters. The van der Waals surface area contributed by atoms with Crippen LogP contribution in [0.4, 0.5) is 4.39 Å². The van der Waals surface area contributed by atoms with Gasteiger partial charge in [0.25, 0.3) is 0 Å². The van der Waals surface area contributed by atoms with E-state index >= 15 is 0 Å². The molecule has 1 aromatic rings. The van der Waals surface area contributed by atoms with Crippen LogP contribution in [0.15, 0.2) is 18.2 Å². The smallest absolute Gasteiger partial charge is 0.313 e. The number of halogens is 1. The number of hydrogen-bond donors (Lipinski definition) is 1. The highest BCUT2D eigenvalue weighted by Crippen LogP contribution is 2.39. The molecule has 0 saturated heterocycles. The number of fused-ring (bicyclic) bond motifs is 1. The van der Waals surface area contributed by atoms with Crippen LogP contribution in [0.3, 0.4) is 0 Å². The van der Waals surface area contributed by atoms with Crippen LogP contribution in [0.5, 0.6) is 0 Å². The van der Waals surface area contributed by atoms with Crippen LogP contribution in [0.1, 0.15) is 29.2 Å². The molecule has 0 spiro atoms. The summed E-state index contributed by atoms with van der Waals surface area (Å²) in [6, 6.07) is 4.84. The van der Waals surface area contributed by atoms with E-state index in [1.165, 1.54) is 17.8 Å². The Balaban J connectivity index is 2.18. The number of hydrogen-bond acceptors (Lipinski definition) is 2. The van der Waals surface area contributed by atoms with Gasteiger partial charge in [-0.1, -0.05) is 6.07 Å². The van der Waals surface area contributed by atoms with Crippen molar-refractivity contribution in [3.05, 3.63) is 35.1 Å². The summed E-state index contributed by atoms with van der Waals surface area (Å²) in [6.45, 7) is 0. The van der Waals surface area contributed by atoms with Crippen LogP contribution in [0.25, 0.3) is 0 Å². The molecule has 0 aromatic heterocycles. The Bertz CT molecular complexity index is 406. The summed E-state index contributed by atoms with van der Waals surface area (Å²) in [7, 11) is 0. The molecule has 0 radical (unpaired) electrons. The number of benzene rings is 1. The van der Waals surface area contributed by atoms with Gasteiger partial charge in [-0.25, -0.2) is 4.39 Å². The maximum absolute atomic E-state index is 13.1. The van der Waals surface area contributed by atoms with Gasteiger partial charge in [-0.15, -0.1) is 11.8 Å². The van der Waals surface area contributed by atoms with Gasteiger partial charge in [0.1, 0.15) is 5.82 Å². The molecule has 1 aromatic carbocycles. The second-order valence-corrected chi connectivity index (χ2v) is 5.12. The number of carbonyl (C=O) groups is 1. The van der Waals surface area contributed by atoms with Gasteiger partial charge in [0, 0.05) is 5.25 Å². The van der Waals surface area contributed by atoms with Gasteiger partial charge >= 0.3 is 5.97 Å². The predicted molar refractivity (Wildman–Crippen MR) is 62.2 cm³/mol. The standard InChI is InChI=1S/C12H13FO2S/c13-9-5-4-8-2-1-3-11(10(8)6-9)16-7-12(14)15/h4-6,11H,1-3,7H2,(H,14,15). The molecular formula is C12H13FO2S. The topological polar surface area (TPSA) is 37.3 Å². The maximum Gasteiger partial charge on any atom is 0.313 e. The molecule has 16 heavy (non-hydrogen) atoms. The van der Waals surface area contributed by atoms with Crippen molar-refractivity contribution in [3.63, 3.8) is 0 Å². The third-order valence-electron chi connectivity index (χ3n) is 2.78. The first-order chi connectivity index (χ1) is 7.66. The SMILES string of the molecule is O=C(O)CSC1CCCc2ccc(F)cc21. The lowest BCUT2D eigenvalue weighted by molar-refractivity contribution is -0.133. The van der Waals surface area contributed by atoms with Crippen molar-refractivity contribution in [2.45, 2.75) is 24.5 Å². The first-order valence-corrected chi connectivity index (χ1v) is 6.33. The third-order valence-corrected chi connectivity index (χ3v) is 4.08. The zero-order valence-corrected chi connectivity index (χ0v) is 9.60. The lowest BCUT2D eigenvalue weighted by Gasteiger charge is -2.24. The molecule has 0 amide bonds. The van der Waals surface area contributed by atoms with Crippen molar-refractivity contribution < 1.29 is 14.3 Å². The van der Waals surface area contributed by atoms with Crippen LogP contribution < -0.4 is 0 Å². The fraction of sp³-hybridized carbons (Fsp3) is 0.417. The summed E-state index contributed by atoms with van der Waals surface area (Å²) in [6.07, 6.45) is 2.96. The summed E-state index contributed by atoms with van der Waals surface area (Å²) in [5.41, 5.74) is 2.15. The first-order valence-electron chi connectivity index (χ1n) is 5.28. The molecule has 86 valence electrons. The fourth-order valence-corrected chi connectivity index (χ4v) is 3.15. The van der Waals surface area contributed by atoms with Gasteiger partial charge in [0.05, 0.1) is 5.75 Å². The molecule has 2 nitrogen and oxygen atoms in total. The van der Waals surface area contributed by atoms with Crippen molar-refractivity contribution in [2.24, 2.45) is 0 Å². The van der Waals surface area contributed by atoms with Crippen molar-refractivity contribution in [3.8, 4) is 0 Å². The minimum atomic E-state index is -0.812. The zero-order chi connectivity index (χ0) is 11.5. The van der Waals surface area contributed by atoms with Gasteiger partial charge in [0.2, 0.25) is 0 Å². The Morgan fingerprint density at radius 3 is 3.12 bits per heavy atom. The number of carboxylic acid groups (broad SMARTS) is 1. The van der Waals surface area contributed by atoms with Gasteiger partial charge < -0.3 is 5.11 Å². The monoisotopic (exact) mass is 240 g/mol. The number of aliphatic carboxylic acids is 1. The number of rotatable bonds is 3. The summed E-state index contributed by atoms with van der Waals surface area (Å²) in [4.78, 5) is 10.5. The van der Waals surface area contributed by atoms with E-state index in [1.807, 2.05) is 6.07 Å². The largest absolute Gasteiger partial charge is 0.481 e. The lowest BCUT2D eigenvalue weighted by atomic mass is 9.91. The Morgan fingerprint density at radius 1 is 1.56 bits per heavy atom. The van der Waals surface area contributed by atoms with Crippen molar-refractivity contribution in [1.29, 1.82) is 0 Å². The maximum atomic E-state index is 13.1. The molecule has 0 saturated carbocycles. The summed E-state index contributed by atoms with van der Waals surface area (Å²) in [5.74, 6) is -0.962. The Labute approximate surface area is 97.9 Å². The van der Waals surface area contributed by atoms with Gasteiger partial charge in [0.15, 0.2) is 0 Å². The zero-order valence-electron chi connectivity index (χ0n) is 8.78. The average molecular weight is 240 g/mol.